The van der Waals surface area contributed by atoms with Gasteiger partial charge in [-0.1, -0.05) is 30.4 Å². The van der Waals surface area contributed by atoms with Crippen molar-refractivity contribution in [2.24, 2.45) is 0 Å². The fourth-order valence-corrected chi connectivity index (χ4v) is 2.66. The van der Waals surface area contributed by atoms with Gasteiger partial charge in [0.05, 0.1) is 12.3 Å². The summed E-state index contributed by atoms with van der Waals surface area (Å²) in [5.74, 6) is 0.782. The zero-order valence-electron chi connectivity index (χ0n) is 14.0. The number of carbonyl (C=O) groups excluding carboxylic acids is 1. The molecule has 3 rings (SSSR count). The summed E-state index contributed by atoms with van der Waals surface area (Å²) in [6.45, 7) is 2.41. The molecule has 0 aliphatic heterocycles. The summed E-state index contributed by atoms with van der Waals surface area (Å²) in [6.07, 6.45) is 11.5. The summed E-state index contributed by atoms with van der Waals surface area (Å²) < 4.78 is 5.52. The minimum atomic E-state index is -0.368. The summed E-state index contributed by atoms with van der Waals surface area (Å²) in [4.78, 5) is 12.4. The van der Waals surface area contributed by atoms with Crippen LogP contribution in [0.4, 0.5) is 10.5 Å². The second-order valence-corrected chi connectivity index (χ2v) is 5.63. The van der Waals surface area contributed by atoms with Crippen molar-refractivity contribution in [1.29, 1.82) is 0 Å². The quantitative estimate of drug-likeness (QED) is 0.765. The molecule has 0 radical (unpaired) electrons. The molecule has 25 heavy (non-hydrogen) atoms. The number of aliphatic hydroxyl groups is 1. The third-order valence-corrected chi connectivity index (χ3v) is 3.79. The van der Waals surface area contributed by atoms with E-state index in [2.05, 4.69) is 10.6 Å². The van der Waals surface area contributed by atoms with Gasteiger partial charge in [0.25, 0.3) is 0 Å². The number of para-hydroxylation sites is 2. The van der Waals surface area contributed by atoms with Gasteiger partial charge in [-0.2, -0.15) is 0 Å². The van der Waals surface area contributed by atoms with E-state index in [1.807, 2.05) is 43.4 Å². The van der Waals surface area contributed by atoms with E-state index in [1.54, 1.807) is 24.3 Å². The largest absolute Gasteiger partial charge is 0.508 e. The number of rotatable bonds is 4. The SMILES string of the molecule is CCOc1ccccc1NC(=O)NC1=CC=CC2=CC=C(O)C=C1C2. The summed E-state index contributed by atoms with van der Waals surface area (Å²) in [5, 5.41) is 15.5. The van der Waals surface area contributed by atoms with E-state index in [4.69, 9.17) is 4.74 Å². The Morgan fingerprint density at radius 1 is 1.20 bits per heavy atom. The second-order valence-electron chi connectivity index (χ2n) is 5.63. The highest BCUT2D eigenvalue weighted by molar-refractivity contribution is 5.92. The number of hydrogen-bond acceptors (Lipinski definition) is 3. The highest BCUT2D eigenvalue weighted by Crippen LogP contribution is 2.27. The molecule has 128 valence electrons. The van der Waals surface area contributed by atoms with E-state index < -0.39 is 0 Å². The monoisotopic (exact) mass is 336 g/mol. The number of allylic oxidation sites excluding steroid dienone is 8. The van der Waals surface area contributed by atoms with Crippen LogP contribution in [0.1, 0.15) is 13.3 Å². The summed E-state index contributed by atoms with van der Waals surface area (Å²) in [5.41, 5.74) is 3.15. The van der Waals surface area contributed by atoms with Gasteiger partial charge in [0.2, 0.25) is 0 Å². The van der Waals surface area contributed by atoms with Crippen molar-refractivity contribution in [2.45, 2.75) is 13.3 Å². The lowest BCUT2D eigenvalue weighted by Gasteiger charge is -2.15. The number of aliphatic hydroxyl groups excluding tert-OH is 1. The summed E-state index contributed by atoms with van der Waals surface area (Å²) in [7, 11) is 0. The first-order valence-corrected chi connectivity index (χ1v) is 8.14. The van der Waals surface area contributed by atoms with Crippen LogP contribution in [0.3, 0.4) is 0 Å². The number of urea groups is 1. The fourth-order valence-electron chi connectivity index (χ4n) is 2.66. The number of carbonyl (C=O) groups is 1. The molecule has 5 nitrogen and oxygen atoms in total. The van der Waals surface area contributed by atoms with Crippen molar-refractivity contribution in [3.8, 4) is 5.75 Å². The van der Waals surface area contributed by atoms with Crippen LogP contribution in [0.2, 0.25) is 0 Å². The van der Waals surface area contributed by atoms with E-state index in [1.165, 1.54) is 0 Å². The predicted molar refractivity (Wildman–Crippen MR) is 98.5 cm³/mol. The van der Waals surface area contributed by atoms with E-state index in [-0.39, 0.29) is 11.8 Å². The van der Waals surface area contributed by atoms with Crippen molar-refractivity contribution < 1.29 is 14.6 Å². The molecule has 5 heteroatoms. The van der Waals surface area contributed by atoms with Gasteiger partial charge in [-0.25, -0.2) is 4.79 Å². The molecule has 2 amide bonds. The first-order chi connectivity index (χ1) is 12.2. The van der Waals surface area contributed by atoms with Crippen molar-refractivity contribution in [1.82, 2.24) is 5.32 Å². The Kier molecular flexibility index (Phi) is 5.04. The smallest absolute Gasteiger partial charge is 0.323 e. The van der Waals surface area contributed by atoms with Gasteiger partial charge < -0.3 is 20.5 Å². The first-order valence-electron chi connectivity index (χ1n) is 8.14. The minimum absolute atomic E-state index is 0.162. The highest BCUT2D eigenvalue weighted by Gasteiger charge is 2.15. The van der Waals surface area contributed by atoms with Crippen LogP contribution in [-0.4, -0.2) is 17.7 Å². The van der Waals surface area contributed by atoms with Crippen molar-refractivity contribution in [3.05, 3.63) is 83.3 Å². The molecule has 2 aliphatic carbocycles. The third kappa shape index (κ3) is 4.20. The van der Waals surface area contributed by atoms with Crippen molar-refractivity contribution in [2.75, 3.05) is 11.9 Å². The second kappa shape index (κ2) is 7.57. The van der Waals surface area contributed by atoms with Crippen molar-refractivity contribution in [3.63, 3.8) is 0 Å². The maximum Gasteiger partial charge on any atom is 0.323 e. The topological polar surface area (TPSA) is 70.6 Å². The normalized spacial score (nSPS) is 15.7. The highest BCUT2D eigenvalue weighted by atomic mass is 16.5. The van der Waals surface area contributed by atoms with Gasteiger partial charge in [0.1, 0.15) is 11.5 Å². The summed E-state index contributed by atoms with van der Waals surface area (Å²) in [6, 6.07) is 6.91. The van der Waals surface area contributed by atoms with E-state index in [0.29, 0.717) is 30.2 Å². The van der Waals surface area contributed by atoms with Gasteiger partial charge in [0.15, 0.2) is 0 Å². The molecule has 0 fully saturated rings. The minimum Gasteiger partial charge on any atom is -0.508 e. The summed E-state index contributed by atoms with van der Waals surface area (Å²) >= 11 is 0. The number of benzene rings is 1. The van der Waals surface area contributed by atoms with Crippen LogP contribution in [0.15, 0.2) is 83.3 Å². The molecule has 0 saturated heterocycles. The maximum absolute atomic E-state index is 12.4. The lowest BCUT2D eigenvalue weighted by molar-refractivity contribution is 0.254. The third-order valence-electron chi connectivity index (χ3n) is 3.79. The molecule has 2 bridgehead atoms. The average Bonchev–Trinajstić information content (AvgIpc) is 2.89. The van der Waals surface area contributed by atoms with Crippen LogP contribution in [0.25, 0.3) is 0 Å². The molecule has 0 atom stereocenters. The molecule has 0 aromatic heterocycles. The van der Waals surface area contributed by atoms with Crippen LogP contribution in [0.5, 0.6) is 5.75 Å². The van der Waals surface area contributed by atoms with Gasteiger partial charge in [-0.05, 0) is 54.9 Å². The number of anilines is 1. The average molecular weight is 336 g/mol. The van der Waals surface area contributed by atoms with Gasteiger partial charge in [0, 0.05) is 5.70 Å². The number of hydrogen-bond donors (Lipinski definition) is 3. The standard InChI is InChI=1S/C20H20N2O3/c1-2-25-19-9-4-3-7-18(19)22-20(24)21-17-8-5-6-14-10-11-16(23)13-15(17)12-14/h3-11,13,23H,2,12H2,1H3,(H2,21,22,24). The number of ether oxygens (including phenoxy) is 1. The van der Waals surface area contributed by atoms with Crippen LogP contribution >= 0.6 is 0 Å². The molecule has 0 spiro atoms. The molecule has 0 saturated carbocycles. The molecule has 0 unspecified atom stereocenters. The van der Waals surface area contributed by atoms with Gasteiger partial charge in [-0.15, -0.1) is 0 Å². The molecular formula is C20H20N2O3. The predicted octanol–water partition coefficient (Wildman–Crippen LogP) is 4.36. The molecule has 2 aliphatic rings. The van der Waals surface area contributed by atoms with E-state index >= 15 is 0 Å². The Bertz CT molecular complexity index is 829. The lowest BCUT2D eigenvalue weighted by Crippen LogP contribution is -2.29. The Hall–Kier alpha value is -3.21. The van der Waals surface area contributed by atoms with Crippen LogP contribution in [-0.2, 0) is 0 Å². The van der Waals surface area contributed by atoms with Crippen LogP contribution in [0, 0.1) is 0 Å². The zero-order valence-corrected chi connectivity index (χ0v) is 14.0. The molecule has 0 heterocycles. The molecule has 1 aromatic rings. The number of nitrogens with one attached hydrogen (secondary N) is 2. The zero-order chi connectivity index (χ0) is 17.6. The first kappa shape index (κ1) is 16.6. The Balaban J connectivity index is 1.75. The van der Waals surface area contributed by atoms with E-state index in [9.17, 15) is 9.90 Å². The lowest BCUT2D eigenvalue weighted by atomic mass is 10.1. The van der Waals surface area contributed by atoms with E-state index in [0.717, 1.165) is 11.1 Å². The van der Waals surface area contributed by atoms with Crippen LogP contribution < -0.4 is 15.4 Å². The molecule has 1 aromatic carbocycles. The maximum atomic E-state index is 12.4. The Morgan fingerprint density at radius 3 is 2.88 bits per heavy atom. The fraction of sp³-hybridized carbons (Fsp3) is 0.150. The van der Waals surface area contributed by atoms with Gasteiger partial charge in [-0.3, -0.25) is 0 Å². The van der Waals surface area contributed by atoms with Gasteiger partial charge >= 0.3 is 6.03 Å². The Morgan fingerprint density at radius 2 is 2.04 bits per heavy atom. The molecule has 3 N–H and O–H groups in total. The number of fused-ring (bicyclic) bond motifs is 2. The Labute approximate surface area is 146 Å². The molecular weight excluding hydrogens is 316 g/mol. The van der Waals surface area contributed by atoms with Crippen molar-refractivity contribution >= 4 is 11.7 Å². The number of amides is 2.